The van der Waals surface area contributed by atoms with Gasteiger partial charge in [-0.1, -0.05) is 13.8 Å². The van der Waals surface area contributed by atoms with Crippen LogP contribution in [0.5, 0.6) is 0 Å². The van der Waals surface area contributed by atoms with Gasteiger partial charge in [-0.05, 0) is 35.2 Å². The van der Waals surface area contributed by atoms with Crippen LogP contribution >= 0.6 is 0 Å². The zero-order chi connectivity index (χ0) is 17.4. The van der Waals surface area contributed by atoms with E-state index in [2.05, 4.69) is 9.97 Å². The number of pyridine rings is 1. The molecule has 0 bridgehead atoms. The summed E-state index contributed by atoms with van der Waals surface area (Å²) in [5, 5.41) is 0.810. The van der Waals surface area contributed by atoms with Crippen LogP contribution in [0.15, 0.2) is 30.6 Å². The maximum absolute atomic E-state index is 14.4. The number of benzene rings is 1. The highest BCUT2D eigenvalue weighted by Crippen LogP contribution is 2.26. The van der Waals surface area contributed by atoms with Crippen molar-refractivity contribution in [2.45, 2.75) is 26.2 Å². The summed E-state index contributed by atoms with van der Waals surface area (Å²) in [7, 11) is 0. The number of rotatable bonds is 4. The predicted octanol–water partition coefficient (Wildman–Crippen LogP) is 3.65. The van der Waals surface area contributed by atoms with Crippen LogP contribution in [0.4, 0.5) is 8.78 Å². The number of carbonyl (C=O) groups is 1. The summed E-state index contributed by atoms with van der Waals surface area (Å²) in [6.07, 6.45) is 3.46. The zero-order valence-electron chi connectivity index (χ0n) is 13.4. The molecule has 24 heavy (non-hydrogen) atoms. The van der Waals surface area contributed by atoms with Crippen molar-refractivity contribution >= 4 is 16.9 Å². The lowest BCUT2D eigenvalue weighted by atomic mass is 9.99. The SMILES string of the molecule is CC(C)c1cnc2[nH]cc(Cc3c(F)ccc(C(N)=O)c3F)c2c1. The van der Waals surface area contributed by atoms with Crippen molar-refractivity contribution in [3.63, 3.8) is 0 Å². The quantitative estimate of drug-likeness (QED) is 0.767. The number of primary amides is 1. The Morgan fingerprint density at radius 1 is 1.33 bits per heavy atom. The van der Waals surface area contributed by atoms with Gasteiger partial charge >= 0.3 is 0 Å². The molecule has 0 aliphatic carbocycles. The Kier molecular flexibility index (Phi) is 4.05. The minimum atomic E-state index is -0.920. The largest absolute Gasteiger partial charge is 0.366 e. The first-order valence-electron chi connectivity index (χ1n) is 7.61. The van der Waals surface area contributed by atoms with Crippen molar-refractivity contribution < 1.29 is 13.6 Å². The fraction of sp³-hybridized carbons (Fsp3) is 0.222. The fourth-order valence-corrected chi connectivity index (χ4v) is 2.68. The van der Waals surface area contributed by atoms with E-state index in [-0.39, 0.29) is 23.5 Å². The molecule has 0 unspecified atom stereocenters. The molecule has 2 aromatic heterocycles. The molecule has 4 nitrogen and oxygen atoms in total. The summed E-state index contributed by atoms with van der Waals surface area (Å²) >= 11 is 0. The number of hydrogen-bond donors (Lipinski definition) is 2. The minimum Gasteiger partial charge on any atom is -0.366 e. The number of halogens is 2. The molecule has 124 valence electrons. The van der Waals surface area contributed by atoms with Gasteiger partial charge in [0.1, 0.15) is 17.3 Å². The lowest BCUT2D eigenvalue weighted by Crippen LogP contribution is -2.15. The van der Waals surface area contributed by atoms with Gasteiger partial charge in [-0.15, -0.1) is 0 Å². The molecule has 3 rings (SSSR count). The van der Waals surface area contributed by atoms with Gasteiger partial charge in [-0.25, -0.2) is 13.8 Å². The van der Waals surface area contributed by atoms with Crippen molar-refractivity contribution in [1.29, 1.82) is 0 Å². The Morgan fingerprint density at radius 3 is 2.75 bits per heavy atom. The number of fused-ring (bicyclic) bond motifs is 1. The normalized spacial score (nSPS) is 11.4. The third-order valence-corrected chi connectivity index (χ3v) is 4.12. The summed E-state index contributed by atoms with van der Waals surface area (Å²) in [5.41, 5.74) is 7.04. The standard InChI is InChI=1S/C18H17F2N3O/c1-9(2)10-5-13-11(8-23-18(13)22-7-10)6-14-15(19)4-3-12(16(14)20)17(21)24/h3-5,7-9H,6H2,1-2H3,(H2,21,24)(H,22,23). The Bertz CT molecular complexity index is 931. The van der Waals surface area contributed by atoms with Gasteiger partial charge in [0.15, 0.2) is 0 Å². The van der Waals surface area contributed by atoms with E-state index in [1.54, 1.807) is 12.4 Å². The second kappa shape index (κ2) is 6.03. The van der Waals surface area contributed by atoms with E-state index in [0.29, 0.717) is 11.2 Å². The van der Waals surface area contributed by atoms with Crippen LogP contribution in [-0.2, 0) is 6.42 Å². The summed E-state index contributed by atoms with van der Waals surface area (Å²) in [4.78, 5) is 18.6. The van der Waals surface area contributed by atoms with Crippen LogP contribution in [0.1, 0.15) is 46.8 Å². The molecule has 0 saturated heterocycles. The summed E-state index contributed by atoms with van der Waals surface area (Å²) in [6, 6.07) is 4.09. The highest BCUT2D eigenvalue weighted by molar-refractivity contribution is 5.93. The maximum Gasteiger partial charge on any atom is 0.251 e. The van der Waals surface area contributed by atoms with Gasteiger partial charge in [-0.2, -0.15) is 0 Å². The van der Waals surface area contributed by atoms with Crippen molar-refractivity contribution in [2.24, 2.45) is 5.73 Å². The Hall–Kier alpha value is -2.76. The molecule has 3 aromatic rings. The molecule has 0 saturated carbocycles. The van der Waals surface area contributed by atoms with Gasteiger partial charge in [0.05, 0.1) is 5.56 Å². The van der Waals surface area contributed by atoms with E-state index in [4.69, 9.17) is 5.73 Å². The molecule has 0 aliphatic heterocycles. The monoisotopic (exact) mass is 329 g/mol. The fourth-order valence-electron chi connectivity index (χ4n) is 2.68. The highest BCUT2D eigenvalue weighted by Gasteiger charge is 2.19. The van der Waals surface area contributed by atoms with Gasteiger partial charge in [0.25, 0.3) is 5.91 Å². The Balaban J connectivity index is 2.09. The molecule has 0 fully saturated rings. The molecule has 0 spiro atoms. The van der Waals surface area contributed by atoms with E-state index in [1.165, 1.54) is 0 Å². The highest BCUT2D eigenvalue weighted by atomic mass is 19.1. The number of nitrogens with one attached hydrogen (secondary N) is 1. The summed E-state index contributed by atoms with van der Waals surface area (Å²) < 4.78 is 28.5. The number of H-pyrrole nitrogens is 1. The van der Waals surface area contributed by atoms with Gasteiger partial charge in [0, 0.05) is 29.8 Å². The third-order valence-electron chi connectivity index (χ3n) is 4.12. The zero-order valence-corrected chi connectivity index (χ0v) is 13.4. The average Bonchev–Trinajstić information content (AvgIpc) is 2.93. The van der Waals surface area contributed by atoms with E-state index < -0.39 is 17.5 Å². The van der Waals surface area contributed by atoms with E-state index in [1.807, 2.05) is 19.9 Å². The average molecular weight is 329 g/mol. The van der Waals surface area contributed by atoms with Crippen molar-refractivity contribution in [2.75, 3.05) is 0 Å². The van der Waals surface area contributed by atoms with Gasteiger partial charge in [-0.3, -0.25) is 4.79 Å². The number of nitrogens with zero attached hydrogens (tertiary/aromatic N) is 1. The van der Waals surface area contributed by atoms with Crippen LogP contribution < -0.4 is 5.73 Å². The van der Waals surface area contributed by atoms with Crippen LogP contribution in [0.2, 0.25) is 0 Å². The molecular weight excluding hydrogens is 312 g/mol. The molecule has 1 amide bonds. The van der Waals surface area contributed by atoms with Gasteiger partial charge in [0.2, 0.25) is 0 Å². The predicted molar refractivity (Wildman–Crippen MR) is 87.9 cm³/mol. The molecule has 0 atom stereocenters. The lowest BCUT2D eigenvalue weighted by Gasteiger charge is -2.08. The molecule has 6 heteroatoms. The van der Waals surface area contributed by atoms with Crippen LogP contribution in [0.25, 0.3) is 11.0 Å². The smallest absolute Gasteiger partial charge is 0.251 e. The molecule has 0 radical (unpaired) electrons. The first kappa shape index (κ1) is 16.1. The van der Waals surface area contributed by atoms with E-state index in [0.717, 1.165) is 23.1 Å². The Morgan fingerprint density at radius 2 is 2.08 bits per heavy atom. The van der Waals surface area contributed by atoms with Crippen molar-refractivity contribution in [3.05, 3.63) is 64.5 Å². The summed E-state index contributed by atoms with van der Waals surface area (Å²) in [5.74, 6) is -2.25. The topological polar surface area (TPSA) is 71.8 Å². The minimum absolute atomic E-state index is 0.00200. The van der Waals surface area contributed by atoms with Crippen molar-refractivity contribution in [1.82, 2.24) is 9.97 Å². The molecular formula is C18H17F2N3O. The molecule has 2 heterocycles. The number of aromatic nitrogens is 2. The van der Waals surface area contributed by atoms with E-state index >= 15 is 0 Å². The number of aromatic amines is 1. The third kappa shape index (κ3) is 2.75. The van der Waals surface area contributed by atoms with Crippen LogP contribution in [0.3, 0.4) is 0 Å². The number of amides is 1. The first-order valence-corrected chi connectivity index (χ1v) is 7.61. The van der Waals surface area contributed by atoms with E-state index in [9.17, 15) is 13.6 Å². The number of carbonyl (C=O) groups excluding carboxylic acids is 1. The Labute approximate surface area is 137 Å². The second-order valence-electron chi connectivity index (χ2n) is 6.06. The molecule has 3 N–H and O–H groups in total. The number of nitrogens with two attached hydrogens (primary N) is 1. The first-order chi connectivity index (χ1) is 11.4. The summed E-state index contributed by atoms with van der Waals surface area (Å²) in [6.45, 7) is 4.09. The molecule has 0 aliphatic rings. The maximum atomic E-state index is 14.4. The molecule has 1 aromatic carbocycles. The van der Waals surface area contributed by atoms with Crippen LogP contribution in [0, 0.1) is 11.6 Å². The second-order valence-corrected chi connectivity index (χ2v) is 6.06. The lowest BCUT2D eigenvalue weighted by molar-refractivity contribution is 0.0996. The van der Waals surface area contributed by atoms with Gasteiger partial charge < -0.3 is 10.7 Å². The van der Waals surface area contributed by atoms with Crippen LogP contribution in [-0.4, -0.2) is 15.9 Å². The number of hydrogen-bond acceptors (Lipinski definition) is 2. The van der Waals surface area contributed by atoms with Crippen molar-refractivity contribution in [3.8, 4) is 0 Å².